The highest BCUT2D eigenvalue weighted by atomic mass is 19.4. The van der Waals surface area contributed by atoms with Crippen LogP contribution in [0, 0.1) is 5.82 Å². The number of hydrogen-bond acceptors (Lipinski definition) is 1. The van der Waals surface area contributed by atoms with E-state index in [4.69, 9.17) is 0 Å². The fourth-order valence-corrected chi connectivity index (χ4v) is 1.91. The van der Waals surface area contributed by atoms with Crippen molar-refractivity contribution in [2.24, 2.45) is 7.05 Å². The van der Waals surface area contributed by atoms with Crippen LogP contribution in [0.2, 0.25) is 0 Å². The third-order valence-corrected chi connectivity index (χ3v) is 2.59. The average Bonchev–Trinajstić information content (AvgIpc) is 2.50. The fraction of sp³-hybridized carbons (Fsp3) is 0.182. The molecular formula is C11H7F4NO. The first kappa shape index (κ1) is 11.6. The number of rotatable bonds is 1. The number of carbonyl (C=O) groups excluding carboxylic acids is 1. The molecule has 6 heteroatoms. The number of aryl methyl sites for hydroxylation is 1. The fourth-order valence-electron chi connectivity index (χ4n) is 1.91. The van der Waals surface area contributed by atoms with Crippen molar-refractivity contribution in [1.82, 2.24) is 4.57 Å². The summed E-state index contributed by atoms with van der Waals surface area (Å²) in [6, 6.07) is 3.19. The van der Waals surface area contributed by atoms with E-state index in [1.807, 2.05) is 0 Å². The lowest BCUT2D eigenvalue weighted by atomic mass is 10.1. The van der Waals surface area contributed by atoms with Gasteiger partial charge in [-0.05, 0) is 18.2 Å². The Morgan fingerprint density at radius 3 is 2.47 bits per heavy atom. The van der Waals surface area contributed by atoms with E-state index in [0.29, 0.717) is 0 Å². The maximum absolute atomic E-state index is 13.0. The van der Waals surface area contributed by atoms with Crippen LogP contribution in [-0.4, -0.2) is 10.9 Å². The monoisotopic (exact) mass is 245 g/mol. The van der Waals surface area contributed by atoms with Gasteiger partial charge in [0, 0.05) is 18.0 Å². The topological polar surface area (TPSA) is 22.0 Å². The summed E-state index contributed by atoms with van der Waals surface area (Å²) in [5.74, 6) is -0.681. The van der Waals surface area contributed by atoms with E-state index >= 15 is 0 Å². The Hall–Kier alpha value is -1.85. The summed E-state index contributed by atoms with van der Waals surface area (Å²) >= 11 is 0. The smallest absolute Gasteiger partial charge is 0.339 e. The number of aromatic nitrogens is 1. The van der Waals surface area contributed by atoms with E-state index in [2.05, 4.69) is 0 Å². The molecule has 90 valence electrons. The number of carbonyl (C=O) groups is 1. The molecule has 1 aromatic heterocycles. The van der Waals surface area contributed by atoms with Gasteiger partial charge in [0.15, 0.2) is 6.29 Å². The van der Waals surface area contributed by atoms with Crippen molar-refractivity contribution in [2.45, 2.75) is 6.18 Å². The summed E-state index contributed by atoms with van der Waals surface area (Å²) < 4.78 is 52.1. The molecule has 0 unspecified atom stereocenters. The Kier molecular flexibility index (Phi) is 2.45. The molecule has 0 aliphatic heterocycles. The first-order valence-electron chi connectivity index (χ1n) is 4.66. The normalized spacial score (nSPS) is 12.1. The third-order valence-electron chi connectivity index (χ3n) is 2.59. The molecule has 17 heavy (non-hydrogen) atoms. The van der Waals surface area contributed by atoms with Gasteiger partial charge in [-0.3, -0.25) is 4.79 Å². The lowest BCUT2D eigenvalue weighted by molar-refractivity contribution is -0.143. The van der Waals surface area contributed by atoms with E-state index in [0.717, 1.165) is 16.7 Å². The highest BCUT2D eigenvalue weighted by Gasteiger charge is 2.38. The average molecular weight is 245 g/mol. The molecule has 0 fully saturated rings. The predicted molar refractivity (Wildman–Crippen MR) is 53.3 cm³/mol. The summed E-state index contributed by atoms with van der Waals surface area (Å²) in [7, 11) is 1.19. The Morgan fingerprint density at radius 1 is 1.29 bits per heavy atom. The SMILES string of the molecule is Cn1c(C(F)(F)F)c(C=O)c2cc(F)ccc21. The predicted octanol–water partition coefficient (Wildman–Crippen LogP) is 3.15. The molecule has 0 amide bonds. The number of fused-ring (bicyclic) bond motifs is 1. The van der Waals surface area contributed by atoms with Gasteiger partial charge in [0.2, 0.25) is 0 Å². The van der Waals surface area contributed by atoms with Gasteiger partial charge in [-0.25, -0.2) is 4.39 Å². The maximum atomic E-state index is 13.0. The number of nitrogens with zero attached hydrogens (tertiary/aromatic N) is 1. The van der Waals surface area contributed by atoms with E-state index < -0.39 is 23.3 Å². The van der Waals surface area contributed by atoms with Crippen LogP contribution in [0.3, 0.4) is 0 Å². The van der Waals surface area contributed by atoms with E-state index in [1.54, 1.807) is 0 Å². The van der Waals surface area contributed by atoms with Gasteiger partial charge in [-0.2, -0.15) is 13.2 Å². The van der Waals surface area contributed by atoms with Gasteiger partial charge in [-0.1, -0.05) is 0 Å². The zero-order valence-corrected chi connectivity index (χ0v) is 8.68. The Balaban J connectivity index is 2.94. The largest absolute Gasteiger partial charge is 0.432 e. The van der Waals surface area contributed by atoms with Crippen molar-refractivity contribution in [3.8, 4) is 0 Å². The van der Waals surface area contributed by atoms with Crippen molar-refractivity contribution < 1.29 is 22.4 Å². The van der Waals surface area contributed by atoms with Gasteiger partial charge in [0.25, 0.3) is 0 Å². The minimum atomic E-state index is -4.65. The molecule has 2 aromatic rings. The molecular weight excluding hydrogens is 238 g/mol. The minimum Gasteiger partial charge on any atom is -0.339 e. The molecule has 0 atom stereocenters. The van der Waals surface area contributed by atoms with Crippen molar-refractivity contribution in [2.75, 3.05) is 0 Å². The van der Waals surface area contributed by atoms with Crippen LogP contribution in [0.1, 0.15) is 16.1 Å². The highest BCUT2D eigenvalue weighted by Crippen LogP contribution is 2.36. The molecule has 2 rings (SSSR count). The summed E-state index contributed by atoms with van der Waals surface area (Å²) in [5, 5.41) is -0.0326. The Morgan fingerprint density at radius 2 is 1.94 bits per heavy atom. The van der Waals surface area contributed by atoms with Crippen molar-refractivity contribution in [1.29, 1.82) is 0 Å². The maximum Gasteiger partial charge on any atom is 0.432 e. The molecule has 0 saturated heterocycles. The molecule has 0 bridgehead atoms. The molecule has 0 radical (unpaired) electrons. The summed E-state index contributed by atoms with van der Waals surface area (Å²) in [4.78, 5) is 10.8. The molecule has 1 heterocycles. The Bertz CT molecular complexity index is 598. The second kappa shape index (κ2) is 3.58. The van der Waals surface area contributed by atoms with Crippen molar-refractivity contribution in [3.63, 3.8) is 0 Å². The molecule has 0 saturated carbocycles. The lowest BCUT2D eigenvalue weighted by Gasteiger charge is -2.08. The number of alkyl halides is 3. The third kappa shape index (κ3) is 1.69. The quantitative estimate of drug-likeness (QED) is 0.558. The number of benzene rings is 1. The summed E-state index contributed by atoms with van der Waals surface area (Å²) in [6.45, 7) is 0. The van der Waals surface area contributed by atoms with Crippen LogP contribution >= 0.6 is 0 Å². The molecule has 0 N–H and O–H groups in total. The number of halogens is 4. The number of hydrogen-bond donors (Lipinski definition) is 0. The minimum absolute atomic E-state index is 0.0326. The molecule has 2 nitrogen and oxygen atoms in total. The van der Waals surface area contributed by atoms with Crippen molar-refractivity contribution in [3.05, 3.63) is 35.3 Å². The lowest BCUT2D eigenvalue weighted by Crippen LogP contribution is -2.13. The highest BCUT2D eigenvalue weighted by molar-refractivity contribution is 5.99. The van der Waals surface area contributed by atoms with Crippen LogP contribution in [0.4, 0.5) is 17.6 Å². The summed E-state index contributed by atoms with van der Waals surface area (Å²) in [5.41, 5.74) is -1.43. The van der Waals surface area contributed by atoms with E-state index in [1.165, 1.54) is 13.1 Å². The van der Waals surface area contributed by atoms with E-state index in [9.17, 15) is 22.4 Å². The van der Waals surface area contributed by atoms with Gasteiger partial charge < -0.3 is 4.57 Å². The molecule has 1 aromatic carbocycles. The van der Waals surface area contributed by atoms with Gasteiger partial charge in [0.05, 0.1) is 5.56 Å². The first-order chi connectivity index (χ1) is 7.86. The second-order valence-electron chi connectivity index (χ2n) is 3.60. The zero-order chi connectivity index (χ0) is 12.8. The van der Waals surface area contributed by atoms with Crippen LogP contribution in [0.15, 0.2) is 18.2 Å². The van der Waals surface area contributed by atoms with Crippen LogP contribution < -0.4 is 0 Å². The first-order valence-corrected chi connectivity index (χ1v) is 4.66. The van der Waals surface area contributed by atoms with Crippen LogP contribution in [0.5, 0.6) is 0 Å². The van der Waals surface area contributed by atoms with Crippen LogP contribution in [-0.2, 0) is 13.2 Å². The zero-order valence-electron chi connectivity index (χ0n) is 8.68. The molecule has 0 spiro atoms. The van der Waals surface area contributed by atoms with E-state index in [-0.39, 0.29) is 17.2 Å². The van der Waals surface area contributed by atoms with Gasteiger partial charge in [0.1, 0.15) is 11.5 Å². The molecule has 0 aliphatic carbocycles. The van der Waals surface area contributed by atoms with Crippen molar-refractivity contribution >= 4 is 17.2 Å². The summed E-state index contributed by atoms with van der Waals surface area (Å²) in [6.07, 6.45) is -4.55. The molecule has 0 aliphatic rings. The van der Waals surface area contributed by atoms with Crippen LogP contribution in [0.25, 0.3) is 10.9 Å². The standard InChI is InChI=1S/C11H7F4NO/c1-16-9-3-2-6(12)4-7(9)8(5-17)10(16)11(13,14)15/h2-5H,1H3. The number of aldehydes is 1. The second-order valence-corrected chi connectivity index (χ2v) is 3.60. The Labute approximate surface area is 93.5 Å². The van der Waals surface area contributed by atoms with Gasteiger partial charge in [-0.15, -0.1) is 0 Å². The van der Waals surface area contributed by atoms with Gasteiger partial charge >= 0.3 is 6.18 Å².